The Morgan fingerprint density at radius 2 is 2.28 bits per heavy atom. The van der Waals surface area contributed by atoms with E-state index in [9.17, 15) is 19.8 Å². The molecule has 3 aliphatic rings. The lowest BCUT2D eigenvalue weighted by atomic mass is 10.0. The quantitative estimate of drug-likeness (QED) is 0.517. The first-order chi connectivity index (χ1) is 8.57. The predicted octanol–water partition coefficient (Wildman–Crippen LogP) is -2.22. The maximum absolute atomic E-state index is 11.7. The van der Waals surface area contributed by atoms with Gasteiger partial charge in [-0.25, -0.2) is 4.79 Å². The molecular weight excluding hydrogens is 244 g/mol. The number of amides is 3. The van der Waals surface area contributed by atoms with Crippen LogP contribution in [0, 0.1) is 0 Å². The van der Waals surface area contributed by atoms with E-state index in [0.29, 0.717) is 0 Å². The van der Waals surface area contributed by atoms with Crippen molar-refractivity contribution in [3.05, 3.63) is 0 Å². The molecule has 3 aliphatic heterocycles. The Morgan fingerprint density at radius 3 is 2.89 bits per heavy atom. The Bertz CT molecular complexity index is 402. The van der Waals surface area contributed by atoms with Crippen molar-refractivity contribution in [3.8, 4) is 0 Å². The summed E-state index contributed by atoms with van der Waals surface area (Å²) in [6, 6.07) is -0.562. The Hall–Kier alpha value is -1.22. The zero-order valence-corrected chi connectivity index (χ0v) is 9.54. The highest BCUT2D eigenvalue weighted by atomic mass is 16.7. The molecule has 3 amide bonds. The van der Waals surface area contributed by atoms with Gasteiger partial charge in [-0.1, -0.05) is 0 Å². The van der Waals surface area contributed by atoms with Gasteiger partial charge in [0.05, 0.1) is 13.2 Å². The zero-order chi connectivity index (χ0) is 12.9. The number of aliphatic hydroxyl groups excluding tert-OH is 2. The maximum atomic E-state index is 11.7. The molecule has 0 aromatic rings. The first-order valence-electron chi connectivity index (χ1n) is 5.76. The second kappa shape index (κ2) is 3.89. The number of carbonyl (C=O) groups excluding carboxylic acids is 2. The lowest BCUT2D eigenvalue weighted by Gasteiger charge is -2.37. The molecule has 3 fully saturated rings. The number of hydrogen-bond donors (Lipinski definition) is 3. The summed E-state index contributed by atoms with van der Waals surface area (Å²) in [6.07, 6.45) is -2.25. The Kier molecular flexibility index (Phi) is 2.56. The molecule has 2 bridgehead atoms. The largest absolute Gasteiger partial charge is 0.393 e. The normalized spacial score (nSPS) is 43.4. The highest BCUT2D eigenvalue weighted by Crippen LogP contribution is 2.41. The topological polar surface area (TPSA) is 108 Å². The number of nitrogens with one attached hydrogen (secondary N) is 1. The SMILES string of the molecule is O=C1CCN([C@@H]2O[C@@]3(CO)CO[C@@H]2[C@@H]3O)C(=O)N1. The van der Waals surface area contributed by atoms with Crippen molar-refractivity contribution in [2.45, 2.75) is 30.5 Å². The molecule has 0 aromatic carbocycles. The number of hydrogen-bond acceptors (Lipinski definition) is 6. The van der Waals surface area contributed by atoms with E-state index in [1.807, 2.05) is 0 Å². The lowest BCUT2D eigenvalue weighted by molar-refractivity contribution is -0.197. The predicted molar refractivity (Wildman–Crippen MR) is 55.3 cm³/mol. The van der Waals surface area contributed by atoms with E-state index >= 15 is 0 Å². The van der Waals surface area contributed by atoms with Gasteiger partial charge in [-0.3, -0.25) is 15.0 Å². The number of rotatable bonds is 2. The van der Waals surface area contributed by atoms with Crippen LogP contribution in [-0.2, 0) is 14.3 Å². The van der Waals surface area contributed by atoms with Crippen LogP contribution in [0.5, 0.6) is 0 Å². The molecule has 100 valence electrons. The third-order valence-electron chi connectivity index (χ3n) is 3.67. The van der Waals surface area contributed by atoms with Gasteiger partial charge in [0.1, 0.15) is 17.8 Å². The average Bonchev–Trinajstić information content (AvgIpc) is 2.81. The van der Waals surface area contributed by atoms with Crippen molar-refractivity contribution in [2.75, 3.05) is 19.8 Å². The van der Waals surface area contributed by atoms with E-state index in [1.165, 1.54) is 4.90 Å². The number of fused-ring (bicyclic) bond motifs is 2. The van der Waals surface area contributed by atoms with Crippen molar-refractivity contribution in [1.82, 2.24) is 10.2 Å². The monoisotopic (exact) mass is 258 g/mol. The third kappa shape index (κ3) is 1.46. The smallest absolute Gasteiger partial charge is 0.326 e. The van der Waals surface area contributed by atoms with Crippen LogP contribution in [0.2, 0.25) is 0 Å². The Labute approximate surface area is 102 Å². The second-order valence-electron chi connectivity index (χ2n) is 4.75. The summed E-state index contributed by atoms with van der Waals surface area (Å²) >= 11 is 0. The van der Waals surface area contributed by atoms with Crippen LogP contribution in [0.4, 0.5) is 4.79 Å². The molecule has 0 unspecified atom stereocenters. The Morgan fingerprint density at radius 1 is 1.50 bits per heavy atom. The fourth-order valence-corrected chi connectivity index (χ4v) is 2.60. The van der Waals surface area contributed by atoms with Crippen molar-refractivity contribution in [3.63, 3.8) is 0 Å². The fourth-order valence-electron chi connectivity index (χ4n) is 2.60. The molecule has 3 rings (SSSR count). The van der Waals surface area contributed by atoms with Crippen LogP contribution in [0.15, 0.2) is 0 Å². The van der Waals surface area contributed by atoms with Crippen LogP contribution >= 0.6 is 0 Å². The van der Waals surface area contributed by atoms with Gasteiger partial charge in [-0.15, -0.1) is 0 Å². The molecule has 0 aromatic heterocycles. The minimum atomic E-state index is -1.16. The minimum Gasteiger partial charge on any atom is -0.393 e. The van der Waals surface area contributed by atoms with Crippen LogP contribution in [0.1, 0.15) is 6.42 Å². The van der Waals surface area contributed by atoms with Gasteiger partial charge in [0.25, 0.3) is 0 Å². The standard InChI is InChI=1S/C10H14N2O6/c13-3-10-4-17-6(7(10)15)8(18-10)12-2-1-5(14)11-9(12)16/h6-8,13,15H,1-4H2,(H,11,14,16)/t6-,7+,8-,10+/m1/s1. The van der Waals surface area contributed by atoms with E-state index in [4.69, 9.17) is 9.47 Å². The molecule has 0 aliphatic carbocycles. The number of nitrogens with zero attached hydrogens (tertiary/aromatic N) is 1. The summed E-state index contributed by atoms with van der Waals surface area (Å²) in [4.78, 5) is 24.1. The van der Waals surface area contributed by atoms with Gasteiger partial charge in [-0.2, -0.15) is 0 Å². The lowest BCUT2D eigenvalue weighted by Crippen LogP contribution is -2.58. The highest BCUT2D eigenvalue weighted by molar-refractivity contribution is 5.96. The van der Waals surface area contributed by atoms with Crippen molar-refractivity contribution < 1.29 is 29.3 Å². The third-order valence-corrected chi connectivity index (χ3v) is 3.67. The first-order valence-corrected chi connectivity index (χ1v) is 5.76. The summed E-state index contributed by atoms with van der Waals surface area (Å²) in [7, 11) is 0. The van der Waals surface area contributed by atoms with E-state index in [-0.39, 0.29) is 32.1 Å². The number of ether oxygens (including phenoxy) is 2. The van der Waals surface area contributed by atoms with Crippen molar-refractivity contribution in [1.29, 1.82) is 0 Å². The van der Waals surface area contributed by atoms with Crippen molar-refractivity contribution >= 4 is 11.9 Å². The summed E-state index contributed by atoms with van der Waals surface area (Å²) in [5.74, 6) is -0.335. The zero-order valence-electron chi connectivity index (χ0n) is 9.54. The molecule has 4 atom stereocenters. The first kappa shape index (κ1) is 11.8. The highest BCUT2D eigenvalue weighted by Gasteiger charge is 2.63. The maximum Gasteiger partial charge on any atom is 0.326 e. The molecule has 3 N–H and O–H groups in total. The molecular formula is C10H14N2O6. The van der Waals surface area contributed by atoms with Gasteiger partial charge >= 0.3 is 6.03 Å². The Balaban J connectivity index is 1.79. The van der Waals surface area contributed by atoms with Gasteiger partial charge in [0, 0.05) is 13.0 Å². The van der Waals surface area contributed by atoms with Crippen molar-refractivity contribution in [2.24, 2.45) is 0 Å². The second-order valence-corrected chi connectivity index (χ2v) is 4.75. The molecule has 8 heteroatoms. The van der Waals surface area contributed by atoms with E-state index in [2.05, 4.69) is 5.32 Å². The number of aliphatic hydroxyl groups is 2. The molecule has 18 heavy (non-hydrogen) atoms. The van der Waals surface area contributed by atoms with Gasteiger partial charge in [0.15, 0.2) is 6.23 Å². The molecule has 0 saturated carbocycles. The van der Waals surface area contributed by atoms with Crippen LogP contribution in [0.25, 0.3) is 0 Å². The summed E-state index contributed by atoms with van der Waals surface area (Å²) in [5.41, 5.74) is -1.16. The number of imide groups is 1. The van der Waals surface area contributed by atoms with Crippen LogP contribution in [0.3, 0.4) is 0 Å². The number of urea groups is 1. The van der Waals surface area contributed by atoms with Crippen LogP contribution < -0.4 is 5.32 Å². The summed E-state index contributed by atoms with van der Waals surface area (Å²) in [5, 5.41) is 21.5. The van der Waals surface area contributed by atoms with Crippen LogP contribution in [-0.4, -0.2) is 70.8 Å². The molecule has 3 saturated heterocycles. The van der Waals surface area contributed by atoms with Gasteiger partial charge < -0.3 is 19.7 Å². The molecule has 0 radical (unpaired) electrons. The van der Waals surface area contributed by atoms with E-state index in [1.54, 1.807) is 0 Å². The van der Waals surface area contributed by atoms with E-state index < -0.39 is 30.1 Å². The van der Waals surface area contributed by atoms with E-state index in [0.717, 1.165) is 0 Å². The summed E-state index contributed by atoms with van der Waals surface area (Å²) in [6.45, 7) is -0.0702. The molecule has 3 heterocycles. The summed E-state index contributed by atoms with van der Waals surface area (Å²) < 4.78 is 10.9. The average molecular weight is 258 g/mol. The van der Waals surface area contributed by atoms with Gasteiger partial charge in [-0.05, 0) is 0 Å². The fraction of sp³-hybridized carbons (Fsp3) is 0.800. The minimum absolute atomic E-state index is 0.0974. The number of carbonyl (C=O) groups is 2. The van der Waals surface area contributed by atoms with Gasteiger partial charge in [0.2, 0.25) is 5.91 Å². The molecule has 8 nitrogen and oxygen atoms in total. The molecule has 0 spiro atoms.